The highest BCUT2D eigenvalue weighted by atomic mass is 16.3. The maximum atomic E-state index is 10.2. The SMILES string of the molecule is C=C1/C(=C\C=C2/CCC[C@]3(C)[C@@H]([C@@H](C)[C@@H](CCO)CCCC)CC[C@@H]23)C[C@@H](O)C[C@@H]1O. The Morgan fingerprint density at radius 1 is 1.19 bits per heavy atom. The van der Waals surface area contributed by atoms with Crippen molar-refractivity contribution in [2.75, 3.05) is 6.61 Å². The Morgan fingerprint density at radius 3 is 2.68 bits per heavy atom. The van der Waals surface area contributed by atoms with E-state index in [1.54, 1.807) is 5.57 Å². The standard InChI is InChI=1S/C28H46O3/c1-5-6-8-21(14-16-29)19(2)25-12-13-26-22(9-7-15-28(25,26)4)10-11-23-17-24(30)18-27(31)20(23)3/h10-11,19,21,24-27,29-31H,3,5-9,12-18H2,1-2,4H3/b22-10+,23-11-/t19-,21+,24+,25+,26-,27-,28+/m0/s1. The summed E-state index contributed by atoms with van der Waals surface area (Å²) in [6.45, 7) is 11.6. The second-order valence-electron chi connectivity index (χ2n) is 10.9. The lowest BCUT2D eigenvalue weighted by Gasteiger charge is -2.46. The third-order valence-electron chi connectivity index (χ3n) is 9.11. The minimum absolute atomic E-state index is 0.311. The van der Waals surface area contributed by atoms with Crippen LogP contribution in [0.1, 0.15) is 91.4 Å². The first kappa shape index (κ1) is 24.7. The van der Waals surface area contributed by atoms with Crippen LogP contribution < -0.4 is 0 Å². The van der Waals surface area contributed by atoms with Crippen LogP contribution in [0.4, 0.5) is 0 Å². The van der Waals surface area contributed by atoms with Crippen molar-refractivity contribution < 1.29 is 15.3 Å². The Bertz CT molecular complexity index is 678. The molecule has 0 saturated heterocycles. The van der Waals surface area contributed by atoms with Gasteiger partial charge in [0.15, 0.2) is 0 Å². The molecule has 0 spiro atoms. The summed E-state index contributed by atoms with van der Waals surface area (Å²) >= 11 is 0. The number of hydrogen-bond acceptors (Lipinski definition) is 3. The summed E-state index contributed by atoms with van der Waals surface area (Å²) in [6, 6.07) is 0. The van der Waals surface area contributed by atoms with Crippen LogP contribution in [-0.2, 0) is 0 Å². The van der Waals surface area contributed by atoms with E-state index >= 15 is 0 Å². The molecule has 0 bridgehead atoms. The maximum absolute atomic E-state index is 10.2. The number of fused-ring (bicyclic) bond motifs is 1. The minimum atomic E-state index is -0.617. The highest BCUT2D eigenvalue weighted by Gasteiger charge is 2.51. The van der Waals surface area contributed by atoms with Gasteiger partial charge in [-0.1, -0.05) is 64.3 Å². The fourth-order valence-electron chi connectivity index (χ4n) is 7.24. The lowest BCUT2D eigenvalue weighted by atomic mass is 9.59. The zero-order valence-corrected chi connectivity index (χ0v) is 20.2. The van der Waals surface area contributed by atoms with Gasteiger partial charge >= 0.3 is 0 Å². The molecule has 3 nitrogen and oxygen atoms in total. The van der Waals surface area contributed by atoms with Gasteiger partial charge in [-0.15, -0.1) is 0 Å². The first-order valence-corrected chi connectivity index (χ1v) is 12.9. The summed E-state index contributed by atoms with van der Waals surface area (Å²) in [4.78, 5) is 0. The van der Waals surface area contributed by atoms with Gasteiger partial charge in [0.25, 0.3) is 0 Å². The quantitative estimate of drug-likeness (QED) is 0.446. The van der Waals surface area contributed by atoms with Crippen molar-refractivity contribution in [1.29, 1.82) is 0 Å². The van der Waals surface area contributed by atoms with Gasteiger partial charge in [0.05, 0.1) is 12.2 Å². The molecule has 0 aliphatic heterocycles. The Kier molecular flexibility index (Phi) is 8.63. The Balaban J connectivity index is 1.78. The van der Waals surface area contributed by atoms with Crippen LogP contribution >= 0.6 is 0 Å². The molecule has 3 fully saturated rings. The Morgan fingerprint density at radius 2 is 1.97 bits per heavy atom. The maximum Gasteiger partial charge on any atom is 0.0811 e. The third kappa shape index (κ3) is 5.37. The summed E-state index contributed by atoms with van der Waals surface area (Å²) in [6.07, 6.45) is 15.3. The van der Waals surface area contributed by atoms with Crippen molar-refractivity contribution in [3.8, 4) is 0 Å². The van der Waals surface area contributed by atoms with Gasteiger partial charge in [0, 0.05) is 13.0 Å². The molecule has 0 aromatic heterocycles. The van der Waals surface area contributed by atoms with Gasteiger partial charge in [-0.3, -0.25) is 0 Å². The molecule has 0 amide bonds. The van der Waals surface area contributed by atoms with Gasteiger partial charge in [-0.05, 0) is 85.2 Å². The zero-order valence-electron chi connectivity index (χ0n) is 20.2. The molecular formula is C28H46O3. The van der Waals surface area contributed by atoms with E-state index in [1.165, 1.54) is 51.4 Å². The summed E-state index contributed by atoms with van der Waals surface area (Å²) in [5, 5.41) is 29.9. The monoisotopic (exact) mass is 430 g/mol. The molecule has 3 saturated carbocycles. The van der Waals surface area contributed by atoms with E-state index in [0.717, 1.165) is 23.5 Å². The Hall–Kier alpha value is -0.900. The molecule has 3 heteroatoms. The number of allylic oxidation sites excluding steroid dienone is 3. The van der Waals surface area contributed by atoms with Crippen LogP contribution in [0.25, 0.3) is 0 Å². The van der Waals surface area contributed by atoms with Gasteiger partial charge < -0.3 is 15.3 Å². The van der Waals surface area contributed by atoms with Gasteiger partial charge in [0.2, 0.25) is 0 Å². The molecular weight excluding hydrogens is 384 g/mol. The predicted octanol–water partition coefficient (Wildman–Crippen LogP) is 5.95. The van der Waals surface area contributed by atoms with Crippen LogP contribution in [0.3, 0.4) is 0 Å². The second-order valence-corrected chi connectivity index (χ2v) is 10.9. The number of aliphatic hydroxyl groups excluding tert-OH is 3. The molecule has 0 heterocycles. The smallest absolute Gasteiger partial charge is 0.0811 e. The average Bonchev–Trinajstić information content (AvgIpc) is 3.09. The summed E-state index contributed by atoms with van der Waals surface area (Å²) in [5.41, 5.74) is 3.70. The molecule has 0 aromatic carbocycles. The van der Waals surface area contributed by atoms with Crippen LogP contribution in [0.2, 0.25) is 0 Å². The minimum Gasteiger partial charge on any atom is -0.396 e. The molecule has 31 heavy (non-hydrogen) atoms. The van der Waals surface area contributed by atoms with Crippen LogP contribution in [0, 0.1) is 29.1 Å². The molecule has 0 radical (unpaired) electrons. The zero-order chi connectivity index (χ0) is 22.6. The summed E-state index contributed by atoms with van der Waals surface area (Å²) in [5.74, 6) is 2.67. The summed E-state index contributed by atoms with van der Waals surface area (Å²) in [7, 11) is 0. The summed E-state index contributed by atoms with van der Waals surface area (Å²) < 4.78 is 0. The number of rotatable bonds is 8. The highest BCUT2D eigenvalue weighted by molar-refractivity contribution is 5.38. The van der Waals surface area contributed by atoms with Crippen LogP contribution in [0.5, 0.6) is 0 Å². The van der Waals surface area contributed by atoms with Gasteiger partial charge in [0.1, 0.15) is 0 Å². The van der Waals surface area contributed by atoms with Crippen molar-refractivity contribution in [2.24, 2.45) is 29.1 Å². The molecule has 7 atom stereocenters. The topological polar surface area (TPSA) is 60.7 Å². The van der Waals surface area contributed by atoms with Crippen molar-refractivity contribution in [3.05, 3.63) is 35.5 Å². The van der Waals surface area contributed by atoms with E-state index in [1.807, 2.05) is 0 Å². The van der Waals surface area contributed by atoms with Gasteiger partial charge in [-0.25, -0.2) is 0 Å². The first-order chi connectivity index (χ1) is 14.8. The van der Waals surface area contributed by atoms with Crippen LogP contribution in [0.15, 0.2) is 35.5 Å². The number of unbranched alkanes of at least 4 members (excludes halogenated alkanes) is 1. The lowest BCUT2D eigenvalue weighted by Crippen LogP contribution is -2.38. The van der Waals surface area contributed by atoms with Crippen LogP contribution in [-0.4, -0.2) is 34.1 Å². The Labute approximate surface area is 190 Å². The molecule has 3 N–H and O–H groups in total. The normalized spacial score (nSPS) is 38.5. The van der Waals surface area contributed by atoms with Gasteiger partial charge in [-0.2, -0.15) is 0 Å². The van der Waals surface area contributed by atoms with Crippen molar-refractivity contribution in [1.82, 2.24) is 0 Å². The fourth-order valence-corrected chi connectivity index (χ4v) is 7.24. The largest absolute Gasteiger partial charge is 0.396 e. The lowest BCUT2D eigenvalue weighted by molar-refractivity contribution is 0.0615. The molecule has 3 aliphatic rings. The highest BCUT2D eigenvalue weighted by Crippen LogP contribution is 2.60. The molecule has 3 rings (SSSR count). The van der Waals surface area contributed by atoms with E-state index in [-0.39, 0.29) is 0 Å². The molecule has 0 unspecified atom stereocenters. The average molecular weight is 431 g/mol. The predicted molar refractivity (Wildman–Crippen MR) is 129 cm³/mol. The molecule has 3 aliphatic carbocycles. The number of aliphatic hydroxyl groups is 3. The van der Waals surface area contributed by atoms with E-state index in [4.69, 9.17) is 0 Å². The third-order valence-corrected chi connectivity index (χ3v) is 9.11. The van der Waals surface area contributed by atoms with E-state index in [9.17, 15) is 15.3 Å². The fraction of sp³-hybridized carbons (Fsp3) is 0.786. The van der Waals surface area contributed by atoms with Crippen molar-refractivity contribution >= 4 is 0 Å². The van der Waals surface area contributed by atoms with E-state index < -0.39 is 12.2 Å². The molecule has 176 valence electrons. The van der Waals surface area contributed by atoms with E-state index in [2.05, 4.69) is 39.5 Å². The van der Waals surface area contributed by atoms with Crippen molar-refractivity contribution in [3.63, 3.8) is 0 Å². The first-order valence-electron chi connectivity index (χ1n) is 12.9. The molecule has 0 aromatic rings. The van der Waals surface area contributed by atoms with Crippen molar-refractivity contribution in [2.45, 2.75) is 104 Å². The number of hydrogen-bond donors (Lipinski definition) is 3. The second kappa shape index (κ2) is 10.8. The van der Waals surface area contributed by atoms with E-state index in [0.29, 0.717) is 42.6 Å².